The first-order valence-corrected chi connectivity index (χ1v) is 5.89. The minimum absolute atomic E-state index is 0.688. The lowest BCUT2D eigenvalue weighted by Crippen LogP contribution is -1.81. The van der Waals surface area contributed by atoms with Crippen LogP contribution in [-0.4, -0.2) is 24.8 Å². The lowest BCUT2D eigenvalue weighted by Gasteiger charge is -1.91. The molecule has 1 N–H and O–H groups in total. The quantitative estimate of drug-likeness (QED) is 0.750. The zero-order valence-corrected chi connectivity index (χ0v) is 9.90. The minimum atomic E-state index is 0.688. The molecular formula is C11H9N5S. The Morgan fingerprint density at radius 1 is 1.18 bits per heavy atom. The molecule has 0 bridgehead atoms. The van der Waals surface area contributed by atoms with Crippen LogP contribution >= 0.6 is 11.5 Å². The second-order valence-corrected chi connectivity index (χ2v) is 4.32. The van der Waals surface area contributed by atoms with Gasteiger partial charge in [-0.25, -0.2) is 4.98 Å². The van der Waals surface area contributed by atoms with E-state index in [2.05, 4.69) is 24.8 Å². The molecule has 0 amide bonds. The number of aromatic amines is 1. The third kappa shape index (κ3) is 1.83. The van der Waals surface area contributed by atoms with Crippen LogP contribution in [0.5, 0.6) is 0 Å². The van der Waals surface area contributed by atoms with E-state index in [4.69, 9.17) is 0 Å². The van der Waals surface area contributed by atoms with Gasteiger partial charge in [-0.05, 0) is 18.5 Å². The van der Waals surface area contributed by atoms with E-state index in [1.807, 2.05) is 37.3 Å². The van der Waals surface area contributed by atoms with E-state index < -0.39 is 0 Å². The molecule has 3 aromatic rings. The van der Waals surface area contributed by atoms with Crippen molar-refractivity contribution < 1.29 is 0 Å². The molecule has 17 heavy (non-hydrogen) atoms. The average molecular weight is 243 g/mol. The third-order valence-electron chi connectivity index (χ3n) is 2.38. The van der Waals surface area contributed by atoms with E-state index in [9.17, 15) is 0 Å². The van der Waals surface area contributed by atoms with E-state index in [1.54, 1.807) is 0 Å². The van der Waals surface area contributed by atoms with Crippen LogP contribution < -0.4 is 0 Å². The smallest absolute Gasteiger partial charge is 0.181 e. The first-order valence-electron chi connectivity index (χ1n) is 5.12. The predicted octanol–water partition coefficient (Wildman–Crippen LogP) is 2.30. The van der Waals surface area contributed by atoms with Gasteiger partial charge in [-0.3, -0.25) is 5.10 Å². The number of hydrogen-bond acceptors (Lipinski definition) is 5. The van der Waals surface area contributed by atoms with Crippen molar-refractivity contribution in [3.63, 3.8) is 0 Å². The van der Waals surface area contributed by atoms with Gasteiger partial charge in [0, 0.05) is 5.56 Å². The number of nitrogens with one attached hydrogen (secondary N) is 1. The van der Waals surface area contributed by atoms with Gasteiger partial charge in [0.2, 0.25) is 0 Å². The summed E-state index contributed by atoms with van der Waals surface area (Å²) >= 11 is 1.32. The van der Waals surface area contributed by atoms with Crippen LogP contribution in [0.4, 0.5) is 0 Å². The van der Waals surface area contributed by atoms with Crippen molar-refractivity contribution in [1.29, 1.82) is 0 Å². The van der Waals surface area contributed by atoms with Crippen molar-refractivity contribution in [2.45, 2.75) is 6.92 Å². The zero-order chi connectivity index (χ0) is 11.7. The summed E-state index contributed by atoms with van der Waals surface area (Å²) in [4.78, 5) is 5.38. The molecule has 0 unspecified atom stereocenters. The second-order valence-electron chi connectivity index (χ2n) is 3.56. The SMILES string of the molecule is Cc1nnsc1-c1nc(-c2ccccc2)n[nH]1. The van der Waals surface area contributed by atoms with Crippen LogP contribution in [0.1, 0.15) is 5.69 Å². The summed E-state index contributed by atoms with van der Waals surface area (Å²) in [6, 6.07) is 9.85. The maximum atomic E-state index is 4.45. The van der Waals surface area contributed by atoms with Crippen LogP contribution in [-0.2, 0) is 0 Å². The molecule has 0 saturated heterocycles. The topological polar surface area (TPSA) is 67.3 Å². The Labute approximate surface area is 102 Å². The minimum Gasteiger partial charge on any atom is -0.258 e. The Morgan fingerprint density at radius 2 is 2.00 bits per heavy atom. The largest absolute Gasteiger partial charge is 0.258 e. The molecule has 0 spiro atoms. The first kappa shape index (κ1) is 10.1. The summed E-state index contributed by atoms with van der Waals surface area (Å²) in [5.41, 5.74) is 1.86. The van der Waals surface area contributed by atoms with Crippen molar-refractivity contribution in [3.8, 4) is 22.1 Å². The molecule has 1 aromatic carbocycles. The van der Waals surface area contributed by atoms with Gasteiger partial charge in [0.05, 0.1) is 5.69 Å². The van der Waals surface area contributed by atoms with Gasteiger partial charge in [0.15, 0.2) is 11.6 Å². The molecule has 0 aliphatic heterocycles. The normalized spacial score (nSPS) is 10.6. The third-order valence-corrected chi connectivity index (χ3v) is 3.22. The highest BCUT2D eigenvalue weighted by atomic mass is 32.1. The van der Waals surface area contributed by atoms with Gasteiger partial charge in [-0.2, -0.15) is 5.10 Å². The van der Waals surface area contributed by atoms with E-state index in [-0.39, 0.29) is 0 Å². The maximum Gasteiger partial charge on any atom is 0.181 e. The molecule has 0 saturated carbocycles. The highest BCUT2D eigenvalue weighted by molar-refractivity contribution is 7.09. The molecular weight excluding hydrogens is 234 g/mol. The summed E-state index contributed by atoms with van der Waals surface area (Å²) in [5.74, 6) is 1.41. The van der Waals surface area contributed by atoms with E-state index in [0.717, 1.165) is 22.0 Å². The second kappa shape index (κ2) is 4.06. The zero-order valence-electron chi connectivity index (χ0n) is 9.08. The number of rotatable bonds is 2. The number of benzene rings is 1. The molecule has 0 radical (unpaired) electrons. The Bertz CT molecular complexity index is 628. The lowest BCUT2D eigenvalue weighted by atomic mass is 10.2. The summed E-state index contributed by atoms with van der Waals surface area (Å²) < 4.78 is 3.88. The van der Waals surface area contributed by atoms with Gasteiger partial charge in [-0.15, -0.1) is 5.10 Å². The predicted molar refractivity (Wildman–Crippen MR) is 65.5 cm³/mol. The number of aromatic nitrogens is 5. The van der Waals surface area contributed by atoms with Gasteiger partial charge in [0.1, 0.15) is 4.88 Å². The first-order chi connectivity index (χ1) is 8.34. The molecule has 2 aromatic heterocycles. The van der Waals surface area contributed by atoms with Crippen molar-refractivity contribution >= 4 is 11.5 Å². The fourth-order valence-electron chi connectivity index (χ4n) is 1.53. The summed E-state index contributed by atoms with van der Waals surface area (Å²) in [7, 11) is 0. The van der Waals surface area contributed by atoms with Crippen molar-refractivity contribution in [2.24, 2.45) is 0 Å². The van der Waals surface area contributed by atoms with Gasteiger partial charge >= 0.3 is 0 Å². The van der Waals surface area contributed by atoms with Crippen LogP contribution in [0.15, 0.2) is 30.3 Å². The van der Waals surface area contributed by atoms with E-state index in [0.29, 0.717) is 5.82 Å². The molecule has 2 heterocycles. The lowest BCUT2D eigenvalue weighted by molar-refractivity contribution is 1.07. The van der Waals surface area contributed by atoms with Gasteiger partial charge in [-0.1, -0.05) is 34.8 Å². The van der Waals surface area contributed by atoms with Gasteiger partial charge in [0.25, 0.3) is 0 Å². The van der Waals surface area contributed by atoms with Crippen molar-refractivity contribution in [1.82, 2.24) is 24.8 Å². The molecule has 5 nitrogen and oxygen atoms in total. The number of hydrogen-bond donors (Lipinski definition) is 1. The standard InChI is InChI=1S/C11H9N5S/c1-7-9(17-16-13-7)11-12-10(14-15-11)8-5-3-2-4-6-8/h2-6H,1H3,(H,12,14,15). The number of H-pyrrole nitrogens is 1. The number of aryl methyl sites for hydroxylation is 1. The van der Waals surface area contributed by atoms with Crippen molar-refractivity contribution in [3.05, 3.63) is 36.0 Å². The molecule has 3 rings (SSSR count). The molecule has 0 aliphatic carbocycles. The highest BCUT2D eigenvalue weighted by Gasteiger charge is 2.12. The molecule has 84 valence electrons. The van der Waals surface area contributed by atoms with Crippen LogP contribution in [0.25, 0.3) is 22.1 Å². The van der Waals surface area contributed by atoms with Crippen molar-refractivity contribution in [2.75, 3.05) is 0 Å². The summed E-state index contributed by atoms with van der Waals surface area (Å²) in [6.07, 6.45) is 0. The Morgan fingerprint density at radius 3 is 2.71 bits per heavy atom. The molecule has 0 aliphatic rings. The van der Waals surface area contributed by atoms with Crippen LogP contribution in [0, 0.1) is 6.92 Å². The summed E-state index contributed by atoms with van der Waals surface area (Å²) in [5, 5.41) is 11.1. The molecule has 0 atom stereocenters. The van der Waals surface area contributed by atoms with Crippen LogP contribution in [0.3, 0.4) is 0 Å². The molecule has 0 fully saturated rings. The van der Waals surface area contributed by atoms with Crippen LogP contribution in [0.2, 0.25) is 0 Å². The van der Waals surface area contributed by atoms with Gasteiger partial charge < -0.3 is 0 Å². The Balaban J connectivity index is 2.02. The van der Waals surface area contributed by atoms with E-state index >= 15 is 0 Å². The summed E-state index contributed by atoms with van der Waals surface area (Å²) in [6.45, 7) is 1.91. The Kier molecular flexibility index (Phi) is 2.41. The maximum absolute atomic E-state index is 4.45. The average Bonchev–Trinajstić information content (AvgIpc) is 2.98. The number of nitrogens with zero attached hydrogens (tertiary/aromatic N) is 4. The van der Waals surface area contributed by atoms with E-state index in [1.165, 1.54) is 11.5 Å². The molecule has 6 heteroatoms. The fourth-order valence-corrected chi connectivity index (χ4v) is 2.12. The fraction of sp³-hybridized carbons (Fsp3) is 0.0909. The highest BCUT2D eigenvalue weighted by Crippen LogP contribution is 2.23. The monoisotopic (exact) mass is 243 g/mol. The Hall–Kier alpha value is -2.08.